The Hall–Kier alpha value is -4.71. The quantitative estimate of drug-likeness (QED) is 0.296. The number of para-hydroxylation sites is 1. The Balaban J connectivity index is 1.47. The third-order valence-corrected chi connectivity index (χ3v) is 6.23. The lowest BCUT2D eigenvalue weighted by Gasteiger charge is -2.26. The van der Waals surface area contributed by atoms with E-state index in [4.69, 9.17) is 4.74 Å². The highest BCUT2D eigenvalue weighted by atomic mass is 16.5. The number of anilines is 1. The minimum Gasteiger partial charge on any atom is -0.488 e. The largest absolute Gasteiger partial charge is 0.488 e. The van der Waals surface area contributed by atoms with Gasteiger partial charge in [-0.2, -0.15) is 0 Å². The Morgan fingerprint density at radius 2 is 1.64 bits per heavy atom. The van der Waals surface area contributed by atoms with Crippen LogP contribution in [0, 0.1) is 13.8 Å². The SMILES string of the molecule is Cc1cccc(N2C(=O)NC(=O)/C(=C\c3ccccc3OCc3c(C)ccc4ccccc34)C2=O)c1. The number of carbonyl (C=O) groups excluding carboxylic acids is 3. The molecule has 1 aliphatic rings. The molecular formula is C30H24N2O4. The number of rotatable bonds is 5. The first kappa shape index (κ1) is 23.1. The van der Waals surface area contributed by atoms with Gasteiger partial charge in [0.05, 0.1) is 5.69 Å². The van der Waals surface area contributed by atoms with Crippen molar-refractivity contribution in [2.75, 3.05) is 4.90 Å². The van der Waals surface area contributed by atoms with Crippen LogP contribution in [0.3, 0.4) is 0 Å². The molecular weight excluding hydrogens is 452 g/mol. The number of benzene rings is 4. The van der Waals surface area contributed by atoms with Gasteiger partial charge in [0.25, 0.3) is 11.8 Å². The van der Waals surface area contributed by atoms with Crippen LogP contribution in [0.15, 0.2) is 90.5 Å². The molecule has 6 nitrogen and oxygen atoms in total. The predicted octanol–water partition coefficient (Wildman–Crippen LogP) is 5.70. The van der Waals surface area contributed by atoms with E-state index in [2.05, 4.69) is 29.6 Å². The Bertz CT molecular complexity index is 1550. The number of aryl methyl sites for hydroxylation is 2. The van der Waals surface area contributed by atoms with Crippen LogP contribution in [0.1, 0.15) is 22.3 Å². The highest BCUT2D eigenvalue weighted by molar-refractivity contribution is 6.39. The second-order valence-electron chi connectivity index (χ2n) is 8.71. The first-order valence-electron chi connectivity index (χ1n) is 11.6. The molecule has 6 heteroatoms. The molecule has 0 atom stereocenters. The molecule has 1 N–H and O–H groups in total. The van der Waals surface area contributed by atoms with Crippen molar-refractivity contribution in [3.8, 4) is 5.75 Å². The van der Waals surface area contributed by atoms with Crippen LogP contribution in [0.2, 0.25) is 0 Å². The molecule has 1 saturated heterocycles. The standard InChI is InChI=1S/C30H24N2O4/c1-19-8-7-11-23(16-19)32-29(34)25(28(33)31-30(32)35)17-22-10-4-6-13-27(22)36-18-26-20(2)14-15-21-9-3-5-12-24(21)26/h3-17H,18H2,1-2H3,(H,31,33,35)/b25-17+. The maximum Gasteiger partial charge on any atom is 0.335 e. The zero-order chi connectivity index (χ0) is 25.2. The number of urea groups is 1. The fourth-order valence-corrected chi connectivity index (χ4v) is 4.33. The normalized spacial score (nSPS) is 14.9. The maximum absolute atomic E-state index is 13.3. The highest BCUT2D eigenvalue weighted by Crippen LogP contribution is 2.28. The van der Waals surface area contributed by atoms with Crippen molar-refractivity contribution in [1.29, 1.82) is 0 Å². The van der Waals surface area contributed by atoms with Crippen LogP contribution in [-0.2, 0) is 16.2 Å². The first-order valence-corrected chi connectivity index (χ1v) is 11.6. The average molecular weight is 477 g/mol. The van der Waals surface area contributed by atoms with Gasteiger partial charge >= 0.3 is 6.03 Å². The predicted molar refractivity (Wildman–Crippen MR) is 140 cm³/mol. The van der Waals surface area contributed by atoms with Gasteiger partial charge in [0.2, 0.25) is 0 Å². The lowest BCUT2D eigenvalue weighted by atomic mass is 10.0. The maximum atomic E-state index is 13.3. The molecule has 0 saturated carbocycles. The summed E-state index contributed by atoms with van der Waals surface area (Å²) in [5.41, 5.74) is 3.88. The summed E-state index contributed by atoms with van der Waals surface area (Å²) < 4.78 is 6.20. The molecule has 1 fully saturated rings. The van der Waals surface area contributed by atoms with E-state index in [1.165, 1.54) is 6.08 Å². The molecule has 0 aliphatic carbocycles. The Morgan fingerprint density at radius 3 is 2.47 bits per heavy atom. The van der Waals surface area contributed by atoms with E-state index in [1.807, 2.05) is 38.1 Å². The topological polar surface area (TPSA) is 75.7 Å². The number of hydrogen-bond donors (Lipinski definition) is 1. The van der Waals surface area contributed by atoms with E-state index in [1.54, 1.807) is 36.4 Å². The molecule has 5 rings (SSSR count). The van der Waals surface area contributed by atoms with Crippen molar-refractivity contribution in [2.24, 2.45) is 0 Å². The third kappa shape index (κ3) is 4.36. The minimum absolute atomic E-state index is 0.145. The molecule has 0 spiro atoms. The van der Waals surface area contributed by atoms with Crippen molar-refractivity contribution in [2.45, 2.75) is 20.5 Å². The van der Waals surface area contributed by atoms with E-state index < -0.39 is 17.8 Å². The van der Waals surface area contributed by atoms with E-state index in [-0.39, 0.29) is 5.57 Å². The van der Waals surface area contributed by atoms with E-state index in [0.717, 1.165) is 32.4 Å². The number of imide groups is 2. The molecule has 4 aromatic carbocycles. The number of amides is 4. The summed E-state index contributed by atoms with van der Waals surface area (Å²) in [6.07, 6.45) is 1.47. The van der Waals surface area contributed by atoms with Crippen LogP contribution in [0.4, 0.5) is 10.5 Å². The molecule has 0 bridgehead atoms. The number of nitrogens with one attached hydrogen (secondary N) is 1. The number of hydrogen-bond acceptors (Lipinski definition) is 4. The summed E-state index contributed by atoms with van der Waals surface area (Å²) in [4.78, 5) is 39.4. The second kappa shape index (κ2) is 9.50. The van der Waals surface area contributed by atoms with Gasteiger partial charge in [0, 0.05) is 11.1 Å². The highest BCUT2D eigenvalue weighted by Gasteiger charge is 2.37. The van der Waals surface area contributed by atoms with Crippen LogP contribution in [-0.4, -0.2) is 17.8 Å². The number of nitrogens with zero attached hydrogens (tertiary/aromatic N) is 1. The van der Waals surface area contributed by atoms with Crippen LogP contribution in [0.25, 0.3) is 16.8 Å². The monoisotopic (exact) mass is 476 g/mol. The molecule has 178 valence electrons. The first-order chi connectivity index (χ1) is 17.4. The van der Waals surface area contributed by atoms with E-state index in [9.17, 15) is 14.4 Å². The summed E-state index contributed by atoms with van der Waals surface area (Å²) in [5.74, 6) is -0.903. The van der Waals surface area contributed by atoms with Gasteiger partial charge in [-0.3, -0.25) is 14.9 Å². The summed E-state index contributed by atoms with van der Waals surface area (Å²) in [6, 6.07) is 25.7. The van der Waals surface area contributed by atoms with Crippen molar-refractivity contribution >= 4 is 40.4 Å². The van der Waals surface area contributed by atoms with Gasteiger partial charge in [-0.05, 0) is 60.0 Å². The van der Waals surface area contributed by atoms with Crippen LogP contribution < -0.4 is 15.0 Å². The molecule has 4 aromatic rings. The summed E-state index contributed by atoms with van der Waals surface area (Å²) in [5, 5.41) is 4.51. The van der Waals surface area contributed by atoms with E-state index >= 15 is 0 Å². The fourth-order valence-electron chi connectivity index (χ4n) is 4.33. The van der Waals surface area contributed by atoms with Crippen LogP contribution in [0.5, 0.6) is 5.75 Å². The summed E-state index contributed by atoms with van der Waals surface area (Å²) >= 11 is 0. The zero-order valence-corrected chi connectivity index (χ0v) is 19.9. The number of carbonyl (C=O) groups is 3. The van der Waals surface area contributed by atoms with Crippen molar-refractivity contribution in [3.05, 3.63) is 113 Å². The van der Waals surface area contributed by atoms with Gasteiger partial charge < -0.3 is 4.74 Å². The molecule has 36 heavy (non-hydrogen) atoms. The lowest BCUT2D eigenvalue weighted by Crippen LogP contribution is -2.54. The van der Waals surface area contributed by atoms with E-state index in [0.29, 0.717) is 23.6 Å². The zero-order valence-electron chi connectivity index (χ0n) is 19.9. The lowest BCUT2D eigenvalue weighted by molar-refractivity contribution is -0.122. The second-order valence-corrected chi connectivity index (χ2v) is 8.71. The molecule has 0 aromatic heterocycles. The molecule has 1 aliphatic heterocycles. The van der Waals surface area contributed by atoms with Gasteiger partial charge in [-0.1, -0.05) is 66.7 Å². The smallest absolute Gasteiger partial charge is 0.335 e. The number of barbiturate groups is 1. The molecule has 1 heterocycles. The average Bonchev–Trinajstić information content (AvgIpc) is 2.86. The Morgan fingerprint density at radius 1 is 0.861 bits per heavy atom. The van der Waals surface area contributed by atoms with Crippen molar-refractivity contribution in [1.82, 2.24) is 5.32 Å². The minimum atomic E-state index is -0.774. The van der Waals surface area contributed by atoms with Gasteiger partial charge in [-0.15, -0.1) is 0 Å². The molecule has 0 unspecified atom stereocenters. The van der Waals surface area contributed by atoms with Crippen LogP contribution >= 0.6 is 0 Å². The Kier molecular flexibility index (Phi) is 6.09. The van der Waals surface area contributed by atoms with Crippen molar-refractivity contribution in [3.63, 3.8) is 0 Å². The Labute approximate surface area is 208 Å². The van der Waals surface area contributed by atoms with Crippen molar-refractivity contribution < 1.29 is 19.1 Å². The summed E-state index contributed by atoms with van der Waals surface area (Å²) in [7, 11) is 0. The number of ether oxygens (including phenoxy) is 1. The molecule has 4 amide bonds. The summed E-state index contributed by atoms with van der Waals surface area (Å²) in [6.45, 7) is 4.23. The number of fused-ring (bicyclic) bond motifs is 1. The molecule has 0 radical (unpaired) electrons. The van der Waals surface area contributed by atoms with Gasteiger partial charge in [0.1, 0.15) is 17.9 Å². The van der Waals surface area contributed by atoms with Gasteiger partial charge in [0.15, 0.2) is 0 Å². The fraction of sp³-hybridized carbons (Fsp3) is 0.100. The van der Waals surface area contributed by atoms with Gasteiger partial charge in [-0.25, -0.2) is 9.69 Å². The third-order valence-electron chi connectivity index (χ3n) is 6.23.